The molecule has 48 heavy (non-hydrogen) atoms. The molecule has 4 heterocycles. The number of aromatic amines is 1. The lowest BCUT2D eigenvalue weighted by atomic mass is 9.98. The Bertz CT molecular complexity index is 1960. The first-order valence-electron chi connectivity index (χ1n) is 16.4. The summed E-state index contributed by atoms with van der Waals surface area (Å²) in [4.78, 5) is 26.4. The maximum atomic E-state index is 13.5. The minimum absolute atomic E-state index is 0.204. The number of nitrogens with zero attached hydrogens (tertiary/aromatic N) is 5. The van der Waals surface area contributed by atoms with Crippen molar-refractivity contribution in [2.24, 2.45) is 0 Å². The summed E-state index contributed by atoms with van der Waals surface area (Å²) in [7, 11) is -0.981. The topological polar surface area (TPSA) is 90.0 Å². The maximum Gasteiger partial charge on any atom is 0.237 e. The third-order valence-corrected chi connectivity index (χ3v) is 13.5. The first-order valence-corrected chi connectivity index (χ1v) is 18.7. The predicted molar refractivity (Wildman–Crippen MR) is 195 cm³/mol. The van der Waals surface area contributed by atoms with Crippen molar-refractivity contribution < 1.29 is 9.18 Å². The van der Waals surface area contributed by atoms with Crippen LogP contribution in [0, 0.1) is 5.82 Å². The predicted octanol–water partition coefficient (Wildman–Crippen LogP) is 7.17. The Balaban J connectivity index is 0.928. The van der Waals surface area contributed by atoms with E-state index in [-0.39, 0.29) is 11.7 Å². The normalized spacial score (nSPS) is 19.5. The molecule has 1 fully saturated rings. The highest BCUT2D eigenvalue weighted by atomic mass is 32.3. The Morgan fingerprint density at radius 3 is 2.48 bits per heavy atom. The zero-order chi connectivity index (χ0) is 33.1. The Labute approximate surface area is 282 Å². The number of anilines is 1. The number of rotatable bonds is 10. The number of nitrogens with one attached hydrogen (secondary N) is 2. The molecule has 1 atom stereocenters. The van der Waals surface area contributed by atoms with Crippen molar-refractivity contribution in [3.63, 3.8) is 0 Å². The monoisotopic (exact) mass is 661 g/mol. The highest BCUT2D eigenvalue weighted by Crippen LogP contribution is 2.52. The molecule has 2 N–H and O–H groups in total. The van der Waals surface area contributed by atoms with Gasteiger partial charge < -0.3 is 10.2 Å². The average molecular weight is 662 g/mol. The van der Waals surface area contributed by atoms with Gasteiger partial charge in [-0.05, 0) is 77.6 Å². The van der Waals surface area contributed by atoms with Crippen molar-refractivity contribution in [1.82, 2.24) is 30.0 Å². The Kier molecular flexibility index (Phi) is 9.10. The molecule has 0 bridgehead atoms. The van der Waals surface area contributed by atoms with Crippen LogP contribution in [0.4, 0.5) is 10.1 Å². The number of aromatic nitrogens is 4. The van der Waals surface area contributed by atoms with Crippen molar-refractivity contribution in [2.75, 3.05) is 54.6 Å². The molecule has 0 spiro atoms. The van der Waals surface area contributed by atoms with Crippen LogP contribution >= 0.6 is 10.0 Å². The fourth-order valence-corrected chi connectivity index (χ4v) is 10.2. The molecule has 0 radical (unpaired) electrons. The molecule has 8 nitrogen and oxygen atoms in total. The van der Waals surface area contributed by atoms with Gasteiger partial charge in [-0.25, -0.2) is 24.4 Å². The van der Waals surface area contributed by atoms with Crippen LogP contribution in [0.1, 0.15) is 18.9 Å². The second-order valence-electron chi connectivity index (χ2n) is 12.6. The molecule has 1 amide bonds. The first kappa shape index (κ1) is 31.8. The van der Waals surface area contributed by atoms with Crippen molar-refractivity contribution in [1.29, 1.82) is 0 Å². The van der Waals surface area contributed by atoms with Crippen LogP contribution < -0.4 is 5.32 Å². The molecule has 1 saturated heterocycles. The molecule has 1 unspecified atom stereocenters. The van der Waals surface area contributed by atoms with E-state index < -0.39 is 10.0 Å². The molecule has 0 aliphatic carbocycles. The fraction of sp³-hybridized carbons (Fsp3) is 0.263. The van der Waals surface area contributed by atoms with E-state index >= 15 is 0 Å². The molecule has 2 aliphatic heterocycles. The lowest BCUT2D eigenvalue weighted by Crippen LogP contribution is -2.41. The SMILES string of the molecule is C=C(CS1(CC)CCN(CC(=O)N2CC=C(c3ccc(-c4ncccn4)cc3)CC2)C1)Nc1ccc2[nH]nc(-c3ccc(F)cc3)c2c1. The van der Waals surface area contributed by atoms with Gasteiger partial charge in [-0.3, -0.25) is 14.8 Å². The van der Waals surface area contributed by atoms with Gasteiger partial charge in [0, 0.05) is 71.6 Å². The Morgan fingerprint density at radius 2 is 1.75 bits per heavy atom. The van der Waals surface area contributed by atoms with Crippen LogP contribution in [0.2, 0.25) is 0 Å². The summed E-state index contributed by atoms with van der Waals surface area (Å²) in [6.45, 7) is 9.47. The van der Waals surface area contributed by atoms with Crippen LogP contribution in [-0.4, -0.2) is 85.2 Å². The average Bonchev–Trinajstić information content (AvgIpc) is 3.73. The molecular weight excluding hydrogens is 622 g/mol. The number of hydrogen-bond acceptors (Lipinski definition) is 6. The third-order valence-electron chi connectivity index (χ3n) is 9.39. The molecule has 0 saturated carbocycles. The van der Waals surface area contributed by atoms with Gasteiger partial charge in [0.1, 0.15) is 5.82 Å². The summed E-state index contributed by atoms with van der Waals surface area (Å²) in [5, 5.41) is 12.1. The third kappa shape index (κ3) is 6.90. The number of fused-ring (bicyclic) bond motifs is 1. The number of carbonyl (C=O) groups excluding carboxylic acids is 1. The minimum atomic E-state index is -0.981. The second kappa shape index (κ2) is 13.7. The highest BCUT2D eigenvalue weighted by molar-refractivity contribution is 8.34. The number of benzene rings is 3. The number of H-pyrrole nitrogens is 1. The number of halogens is 1. The lowest BCUT2D eigenvalue weighted by molar-refractivity contribution is -0.131. The van der Waals surface area contributed by atoms with E-state index in [1.165, 1.54) is 23.3 Å². The smallest absolute Gasteiger partial charge is 0.237 e. The standard InChI is InChI=1S/C38H40FN7OS/c1-3-48(25-27(2)42-33-13-14-35-34(23-33)37(44-43-35)30-9-11-32(39)12-10-30)22-21-45(26-48)24-36(47)46-19-15-29(16-20-46)28-5-7-31(8-6-28)38-40-17-4-18-41-38/h4-15,17-18,23,42H,2-3,16,19-22,24-26H2,1H3,(H,43,44). The Morgan fingerprint density at radius 1 is 1.00 bits per heavy atom. The van der Waals surface area contributed by atoms with E-state index in [2.05, 4.69) is 80.3 Å². The van der Waals surface area contributed by atoms with E-state index in [9.17, 15) is 9.18 Å². The minimum Gasteiger partial charge on any atom is -0.359 e. The largest absolute Gasteiger partial charge is 0.359 e. The quantitative estimate of drug-likeness (QED) is 0.165. The summed E-state index contributed by atoms with van der Waals surface area (Å²) < 4.78 is 13.5. The zero-order valence-corrected chi connectivity index (χ0v) is 28.0. The first-order chi connectivity index (χ1) is 23.4. The maximum absolute atomic E-state index is 13.5. The van der Waals surface area contributed by atoms with Gasteiger partial charge in [0.15, 0.2) is 5.82 Å². The van der Waals surface area contributed by atoms with Crippen molar-refractivity contribution in [3.05, 3.63) is 115 Å². The van der Waals surface area contributed by atoms with E-state index in [0.717, 1.165) is 87.6 Å². The molecule has 10 heteroatoms. The summed E-state index contributed by atoms with van der Waals surface area (Å²) in [5.74, 6) is 4.73. The molecular formula is C38H40FN7OS. The van der Waals surface area contributed by atoms with E-state index in [1.54, 1.807) is 24.5 Å². The van der Waals surface area contributed by atoms with Crippen LogP contribution in [0.15, 0.2) is 104 Å². The lowest BCUT2D eigenvalue weighted by Gasteiger charge is -2.36. The summed E-state index contributed by atoms with van der Waals surface area (Å²) in [5.41, 5.74) is 7.97. The van der Waals surface area contributed by atoms with Gasteiger partial charge in [0.05, 0.1) is 17.8 Å². The molecule has 3 aromatic carbocycles. The number of hydrogen-bond donors (Lipinski definition) is 2. The van der Waals surface area contributed by atoms with Gasteiger partial charge >= 0.3 is 0 Å². The molecule has 7 rings (SSSR count). The van der Waals surface area contributed by atoms with Gasteiger partial charge in [0.2, 0.25) is 5.91 Å². The van der Waals surface area contributed by atoms with Crippen molar-refractivity contribution in [3.8, 4) is 22.6 Å². The summed E-state index contributed by atoms with van der Waals surface area (Å²) in [6, 6.07) is 22.7. The van der Waals surface area contributed by atoms with Crippen LogP contribution in [0.5, 0.6) is 0 Å². The van der Waals surface area contributed by atoms with Gasteiger partial charge in [-0.15, -0.1) is 0 Å². The van der Waals surface area contributed by atoms with Crippen LogP contribution in [0.3, 0.4) is 0 Å². The highest BCUT2D eigenvalue weighted by Gasteiger charge is 2.34. The van der Waals surface area contributed by atoms with Gasteiger partial charge in [-0.2, -0.15) is 5.10 Å². The molecule has 246 valence electrons. The van der Waals surface area contributed by atoms with Crippen LogP contribution in [0.25, 0.3) is 39.1 Å². The molecule has 2 aromatic heterocycles. The second-order valence-corrected chi connectivity index (χ2v) is 16.6. The van der Waals surface area contributed by atoms with Crippen molar-refractivity contribution in [2.45, 2.75) is 13.3 Å². The molecule has 5 aromatic rings. The summed E-state index contributed by atoms with van der Waals surface area (Å²) >= 11 is 0. The zero-order valence-electron chi connectivity index (χ0n) is 27.2. The van der Waals surface area contributed by atoms with E-state index in [1.807, 2.05) is 23.1 Å². The van der Waals surface area contributed by atoms with E-state index in [0.29, 0.717) is 13.1 Å². The van der Waals surface area contributed by atoms with Gasteiger partial charge in [0.25, 0.3) is 0 Å². The van der Waals surface area contributed by atoms with Crippen molar-refractivity contribution >= 4 is 38.1 Å². The fourth-order valence-electron chi connectivity index (χ4n) is 6.68. The number of carbonyl (C=O) groups is 1. The van der Waals surface area contributed by atoms with E-state index in [4.69, 9.17) is 0 Å². The number of amides is 1. The Hall–Kier alpha value is -4.80. The molecule has 2 aliphatic rings. The summed E-state index contributed by atoms with van der Waals surface area (Å²) in [6.07, 6.45) is 6.55. The van der Waals surface area contributed by atoms with Gasteiger partial charge in [-0.1, -0.05) is 43.8 Å². The van der Waals surface area contributed by atoms with Crippen LogP contribution in [-0.2, 0) is 4.79 Å².